The standard InChI is InChI=1S/C12H21N3/c1-9(2)5-6-10(3)14-12-7-8-13-11(4)15-12/h7-10H,5-6H2,1-4H3,(H,13,14,15). The Morgan fingerprint density at radius 3 is 2.60 bits per heavy atom. The molecule has 1 heterocycles. The van der Waals surface area contributed by atoms with Crippen molar-refractivity contribution in [1.29, 1.82) is 0 Å². The summed E-state index contributed by atoms with van der Waals surface area (Å²) in [4.78, 5) is 8.39. The first-order valence-corrected chi connectivity index (χ1v) is 5.64. The molecular formula is C12H21N3. The summed E-state index contributed by atoms with van der Waals surface area (Å²) in [5.41, 5.74) is 0. The highest BCUT2D eigenvalue weighted by atomic mass is 15.0. The van der Waals surface area contributed by atoms with Gasteiger partial charge in [-0.1, -0.05) is 13.8 Å². The smallest absolute Gasteiger partial charge is 0.129 e. The molecule has 0 fully saturated rings. The van der Waals surface area contributed by atoms with E-state index in [1.54, 1.807) is 6.20 Å². The normalized spacial score (nSPS) is 12.9. The zero-order chi connectivity index (χ0) is 11.3. The van der Waals surface area contributed by atoms with Crippen molar-refractivity contribution in [2.24, 2.45) is 5.92 Å². The van der Waals surface area contributed by atoms with E-state index in [-0.39, 0.29) is 0 Å². The van der Waals surface area contributed by atoms with E-state index in [0.717, 1.165) is 17.6 Å². The average Bonchev–Trinajstić information content (AvgIpc) is 2.15. The molecule has 0 bridgehead atoms. The van der Waals surface area contributed by atoms with Crippen LogP contribution in [-0.2, 0) is 0 Å². The van der Waals surface area contributed by atoms with Crippen molar-refractivity contribution < 1.29 is 0 Å². The highest BCUT2D eigenvalue weighted by Crippen LogP contribution is 2.10. The van der Waals surface area contributed by atoms with E-state index in [1.807, 2.05) is 13.0 Å². The molecule has 84 valence electrons. The minimum absolute atomic E-state index is 0.474. The van der Waals surface area contributed by atoms with Crippen molar-refractivity contribution in [1.82, 2.24) is 9.97 Å². The molecule has 0 amide bonds. The first-order valence-electron chi connectivity index (χ1n) is 5.64. The van der Waals surface area contributed by atoms with Gasteiger partial charge in [-0.15, -0.1) is 0 Å². The molecule has 0 spiro atoms. The maximum atomic E-state index is 4.32. The molecule has 1 unspecified atom stereocenters. The summed E-state index contributed by atoms with van der Waals surface area (Å²) in [6.45, 7) is 8.60. The Morgan fingerprint density at radius 1 is 1.27 bits per heavy atom. The maximum Gasteiger partial charge on any atom is 0.129 e. The molecule has 0 saturated carbocycles. The Balaban J connectivity index is 2.40. The summed E-state index contributed by atoms with van der Waals surface area (Å²) in [6, 6.07) is 2.39. The molecule has 3 heteroatoms. The lowest BCUT2D eigenvalue weighted by molar-refractivity contribution is 0.527. The van der Waals surface area contributed by atoms with Crippen LogP contribution in [0.15, 0.2) is 12.3 Å². The summed E-state index contributed by atoms with van der Waals surface area (Å²) < 4.78 is 0. The van der Waals surface area contributed by atoms with Crippen LogP contribution in [0.25, 0.3) is 0 Å². The summed E-state index contributed by atoms with van der Waals surface area (Å²) >= 11 is 0. The van der Waals surface area contributed by atoms with Gasteiger partial charge in [0.2, 0.25) is 0 Å². The Morgan fingerprint density at radius 2 is 2.00 bits per heavy atom. The molecule has 15 heavy (non-hydrogen) atoms. The fraction of sp³-hybridized carbons (Fsp3) is 0.667. The van der Waals surface area contributed by atoms with Crippen LogP contribution in [0.5, 0.6) is 0 Å². The van der Waals surface area contributed by atoms with E-state index in [4.69, 9.17) is 0 Å². The van der Waals surface area contributed by atoms with Gasteiger partial charge < -0.3 is 5.32 Å². The van der Waals surface area contributed by atoms with Crippen molar-refractivity contribution in [2.75, 3.05) is 5.32 Å². The van der Waals surface area contributed by atoms with E-state index >= 15 is 0 Å². The minimum atomic E-state index is 0.474. The van der Waals surface area contributed by atoms with Gasteiger partial charge in [0.15, 0.2) is 0 Å². The third kappa shape index (κ3) is 4.77. The fourth-order valence-corrected chi connectivity index (χ4v) is 1.44. The van der Waals surface area contributed by atoms with Gasteiger partial charge in [0.05, 0.1) is 0 Å². The second kappa shape index (κ2) is 5.69. The summed E-state index contributed by atoms with van der Waals surface area (Å²) in [6.07, 6.45) is 4.22. The summed E-state index contributed by atoms with van der Waals surface area (Å²) in [7, 11) is 0. The number of hydrogen-bond donors (Lipinski definition) is 1. The first kappa shape index (κ1) is 12.0. The molecule has 1 aromatic heterocycles. The number of rotatable bonds is 5. The highest BCUT2D eigenvalue weighted by Gasteiger charge is 2.04. The van der Waals surface area contributed by atoms with Gasteiger partial charge in [0.1, 0.15) is 11.6 Å². The number of hydrogen-bond acceptors (Lipinski definition) is 3. The van der Waals surface area contributed by atoms with Gasteiger partial charge >= 0.3 is 0 Å². The van der Waals surface area contributed by atoms with Crippen LogP contribution in [0, 0.1) is 12.8 Å². The van der Waals surface area contributed by atoms with Crippen LogP contribution in [-0.4, -0.2) is 16.0 Å². The van der Waals surface area contributed by atoms with Gasteiger partial charge in [-0.25, -0.2) is 9.97 Å². The zero-order valence-corrected chi connectivity index (χ0v) is 10.1. The van der Waals surface area contributed by atoms with Gasteiger partial charge in [-0.3, -0.25) is 0 Å². The fourth-order valence-electron chi connectivity index (χ4n) is 1.44. The Bertz CT molecular complexity index is 297. The SMILES string of the molecule is Cc1nccc(NC(C)CCC(C)C)n1. The van der Waals surface area contributed by atoms with Crippen molar-refractivity contribution in [3.63, 3.8) is 0 Å². The van der Waals surface area contributed by atoms with Gasteiger partial charge in [-0.2, -0.15) is 0 Å². The Kier molecular flexibility index (Phi) is 4.53. The molecule has 0 aliphatic carbocycles. The van der Waals surface area contributed by atoms with Crippen LogP contribution in [0.4, 0.5) is 5.82 Å². The molecule has 0 aliphatic heterocycles. The summed E-state index contributed by atoms with van der Waals surface area (Å²) in [5.74, 6) is 2.51. The molecule has 1 aromatic rings. The zero-order valence-electron chi connectivity index (χ0n) is 10.1. The van der Waals surface area contributed by atoms with E-state index < -0.39 is 0 Å². The van der Waals surface area contributed by atoms with Crippen molar-refractivity contribution in [3.8, 4) is 0 Å². The van der Waals surface area contributed by atoms with Crippen LogP contribution < -0.4 is 5.32 Å². The third-order valence-corrected chi connectivity index (χ3v) is 2.35. The van der Waals surface area contributed by atoms with Crippen LogP contribution in [0.3, 0.4) is 0 Å². The lowest BCUT2D eigenvalue weighted by Gasteiger charge is -2.15. The van der Waals surface area contributed by atoms with Crippen molar-refractivity contribution in [2.45, 2.75) is 46.6 Å². The number of aryl methyl sites for hydroxylation is 1. The van der Waals surface area contributed by atoms with Crippen LogP contribution in [0.2, 0.25) is 0 Å². The minimum Gasteiger partial charge on any atom is -0.368 e. The molecule has 1 rings (SSSR count). The number of aromatic nitrogens is 2. The predicted octanol–water partition coefficient (Wildman–Crippen LogP) is 3.02. The molecule has 0 saturated heterocycles. The molecule has 0 aliphatic rings. The largest absolute Gasteiger partial charge is 0.368 e. The van der Waals surface area contributed by atoms with E-state index in [2.05, 4.69) is 36.1 Å². The Labute approximate surface area is 92.3 Å². The monoisotopic (exact) mass is 207 g/mol. The van der Waals surface area contributed by atoms with Crippen LogP contribution >= 0.6 is 0 Å². The van der Waals surface area contributed by atoms with E-state index in [1.165, 1.54) is 12.8 Å². The van der Waals surface area contributed by atoms with Gasteiger partial charge in [0, 0.05) is 12.2 Å². The molecule has 3 nitrogen and oxygen atoms in total. The molecule has 0 radical (unpaired) electrons. The number of anilines is 1. The highest BCUT2D eigenvalue weighted by molar-refractivity contribution is 5.33. The second-order valence-corrected chi connectivity index (χ2v) is 4.51. The quantitative estimate of drug-likeness (QED) is 0.806. The van der Waals surface area contributed by atoms with Crippen molar-refractivity contribution >= 4 is 5.82 Å². The number of nitrogens with zero attached hydrogens (tertiary/aromatic N) is 2. The Hall–Kier alpha value is -1.12. The van der Waals surface area contributed by atoms with E-state index in [0.29, 0.717) is 6.04 Å². The maximum absolute atomic E-state index is 4.32. The van der Waals surface area contributed by atoms with Gasteiger partial charge in [-0.05, 0) is 38.7 Å². The molecule has 1 N–H and O–H groups in total. The predicted molar refractivity (Wildman–Crippen MR) is 63.9 cm³/mol. The second-order valence-electron chi connectivity index (χ2n) is 4.51. The van der Waals surface area contributed by atoms with E-state index in [9.17, 15) is 0 Å². The molecular weight excluding hydrogens is 186 g/mol. The topological polar surface area (TPSA) is 37.8 Å². The van der Waals surface area contributed by atoms with Crippen LogP contribution in [0.1, 0.15) is 39.4 Å². The van der Waals surface area contributed by atoms with Gasteiger partial charge in [0.25, 0.3) is 0 Å². The third-order valence-electron chi connectivity index (χ3n) is 2.35. The summed E-state index contributed by atoms with van der Waals surface area (Å²) in [5, 5.41) is 3.39. The first-order chi connectivity index (χ1) is 7.08. The average molecular weight is 207 g/mol. The lowest BCUT2D eigenvalue weighted by Crippen LogP contribution is -2.17. The molecule has 0 aromatic carbocycles. The number of nitrogens with one attached hydrogen (secondary N) is 1. The molecule has 1 atom stereocenters. The van der Waals surface area contributed by atoms with Crippen molar-refractivity contribution in [3.05, 3.63) is 18.1 Å². The lowest BCUT2D eigenvalue weighted by atomic mass is 10.0.